The Morgan fingerprint density at radius 2 is 1.65 bits per heavy atom. The summed E-state index contributed by atoms with van der Waals surface area (Å²) in [4.78, 5) is 17.9. The predicted molar refractivity (Wildman–Crippen MR) is 136 cm³/mol. The van der Waals surface area contributed by atoms with Gasteiger partial charge in [0.15, 0.2) is 5.65 Å². The number of unbranched alkanes of at least 4 members (excludes halogenated alkanes) is 1. The van der Waals surface area contributed by atoms with Crippen LogP contribution in [0, 0.1) is 3.57 Å². The number of benzene rings is 2. The number of nitrogens with one attached hydrogen (secondary N) is 1. The van der Waals surface area contributed by atoms with Gasteiger partial charge in [-0.3, -0.25) is 9.20 Å². The number of carbonyl (C=O) groups is 1. The van der Waals surface area contributed by atoms with Crippen LogP contribution in [-0.2, 0) is 0 Å². The van der Waals surface area contributed by atoms with E-state index in [0.717, 1.165) is 38.9 Å². The minimum absolute atomic E-state index is 0.118. The third-order valence-electron chi connectivity index (χ3n) is 4.98. The molecule has 0 bridgehead atoms. The Kier molecular flexibility index (Phi) is 6.84. The molecule has 4 aromatic rings. The molecule has 0 aliphatic rings. The highest BCUT2D eigenvalue weighted by Crippen LogP contribution is 2.35. The van der Waals surface area contributed by atoms with Crippen molar-refractivity contribution in [2.75, 3.05) is 6.54 Å². The Morgan fingerprint density at radius 1 is 1.03 bits per heavy atom. The van der Waals surface area contributed by atoms with Crippen molar-refractivity contribution in [2.24, 2.45) is 0 Å². The van der Waals surface area contributed by atoms with Gasteiger partial charge in [-0.25, -0.2) is 4.98 Å². The first-order valence-corrected chi connectivity index (χ1v) is 11.8. The predicted octanol–water partition coefficient (Wildman–Crippen LogP) is 7.11. The first kappa shape index (κ1) is 22.1. The van der Waals surface area contributed by atoms with E-state index < -0.39 is 0 Å². The van der Waals surface area contributed by atoms with Crippen LogP contribution in [-0.4, -0.2) is 21.8 Å². The standard InChI is InChI=1S/C24H20Cl2IN3O/c1-2-3-12-28-24(31)20-13-19(27)14-30-22(16-6-10-18(26)11-7-16)21(29-23(20)30)15-4-8-17(25)9-5-15/h4-11,13-14H,2-3,12H2,1H3,(H,28,31). The molecule has 2 aromatic carbocycles. The lowest BCUT2D eigenvalue weighted by atomic mass is 10.0. The Labute approximate surface area is 204 Å². The van der Waals surface area contributed by atoms with E-state index >= 15 is 0 Å². The zero-order valence-electron chi connectivity index (χ0n) is 16.8. The maximum Gasteiger partial charge on any atom is 0.255 e. The van der Waals surface area contributed by atoms with Crippen molar-refractivity contribution in [2.45, 2.75) is 19.8 Å². The van der Waals surface area contributed by atoms with Gasteiger partial charge in [-0.05, 0) is 59.3 Å². The second kappa shape index (κ2) is 9.59. The molecule has 0 saturated heterocycles. The minimum Gasteiger partial charge on any atom is -0.352 e. The van der Waals surface area contributed by atoms with Crippen molar-refractivity contribution in [3.63, 3.8) is 0 Å². The van der Waals surface area contributed by atoms with Crippen LogP contribution in [0.3, 0.4) is 0 Å². The molecule has 2 aromatic heterocycles. The molecule has 0 aliphatic carbocycles. The quantitative estimate of drug-likeness (QED) is 0.201. The average Bonchev–Trinajstić information content (AvgIpc) is 3.13. The van der Waals surface area contributed by atoms with Gasteiger partial charge in [0.05, 0.1) is 17.0 Å². The molecule has 0 aliphatic heterocycles. The Balaban J connectivity index is 1.95. The number of fused-ring (bicyclic) bond motifs is 1. The third-order valence-corrected chi connectivity index (χ3v) is 6.08. The smallest absolute Gasteiger partial charge is 0.255 e. The lowest BCUT2D eigenvalue weighted by molar-refractivity contribution is 0.0954. The summed E-state index contributed by atoms with van der Waals surface area (Å²) in [6.07, 6.45) is 3.95. The van der Waals surface area contributed by atoms with Crippen LogP contribution in [0.1, 0.15) is 30.1 Å². The molecule has 0 unspecified atom stereocenters. The van der Waals surface area contributed by atoms with Crippen LogP contribution >= 0.6 is 45.8 Å². The van der Waals surface area contributed by atoms with Crippen molar-refractivity contribution in [1.82, 2.24) is 14.7 Å². The fourth-order valence-corrected chi connectivity index (χ4v) is 4.29. The molecule has 31 heavy (non-hydrogen) atoms. The average molecular weight is 564 g/mol. The largest absolute Gasteiger partial charge is 0.352 e. The molecule has 158 valence electrons. The summed E-state index contributed by atoms with van der Waals surface area (Å²) < 4.78 is 2.94. The highest BCUT2D eigenvalue weighted by Gasteiger charge is 2.21. The highest BCUT2D eigenvalue weighted by molar-refractivity contribution is 14.1. The van der Waals surface area contributed by atoms with Crippen molar-refractivity contribution < 1.29 is 4.79 Å². The van der Waals surface area contributed by atoms with Gasteiger partial charge in [0, 0.05) is 37.5 Å². The van der Waals surface area contributed by atoms with Crippen molar-refractivity contribution in [3.05, 3.63) is 80.0 Å². The van der Waals surface area contributed by atoms with E-state index in [1.807, 2.05) is 65.2 Å². The number of nitrogens with zero attached hydrogens (tertiary/aromatic N) is 2. The number of aromatic nitrogens is 2. The molecule has 1 amide bonds. The van der Waals surface area contributed by atoms with Gasteiger partial charge >= 0.3 is 0 Å². The van der Waals surface area contributed by atoms with E-state index in [9.17, 15) is 4.79 Å². The minimum atomic E-state index is -0.118. The fourth-order valence-electron chi connectivity index (χ4n) is 3.45. The van der Waals surface area contributed by atoms with Crippen LogP contribution < -0.4 is 5.32 Å². The fraction of sp³-hybridized carbons (Fsp3) is 0.167. The number of hydrogen-bond donors (Lipinski definition) is 1. The van der Waals surface area contributed by atoms with E-state index in [2.05, 4.69) is 34.8 Å². The van der Waals surface area contributed by atoms with Gasteiger partial charge in [0.25, 0.3) is 5.91 Å². The first-order valence-electron chi connectivity index (χ1n) is 9.99. The van der Waals surface area contributed by atoms with Crippen LogP contribution in [0.4, 0.5) is 0 Å². The molecule has 0 saturated carbocycles. The number of pyridine rings is 1. The molecule has 0 radical (unpaired) electrons. The molecule has 1 N–H and O–H groups in total. The third kappa shape index (κ3) is 4.73. The second-order valence-corrected chi connectivity index (χ2v) is 9.32. The number of rotatable bonds is 6. The molecule has 4 nitrogen and oxygen atoms in total. The van der Waals surface area contributed by atoms with Crippen LogP contribution in [0.5, 0.6) is 0 Å². The zero-order valence-corrected chi connectivity index (χ0v) is 20.5. The maximum absolute atomic E-state index is 13.0. The molecule has 0 fully saturated rings. The van der Waals surface area contributed by atoms with Crippen LogP contribution in [0.25, 0.3) is 28.2 Å². The maximum atomic E-state index is 13.0. The first-order chi connectivity index (χ1) is 15.0. The number of amides is 1. The van der Waals surface area contributed by atoms with E-state index in [1.54, 1.807) is 0 Å². The lowest BCUT2D eigenvalue weighted by Gasteiger charge is -2.09. The second-order valence-electron chi connectivity index (χ2n) is 7.20. The van der Waals surface area contributed by atoms with E-state index in [4.69, 9.17) is 28.2 Å². The van der Waals surface area contributed by atoms with Crippen molar-refractivity contribution in [1.29, 1.82) is 0 Å². The zero-order chi connectivity index (χ0) is 22.0. The van der Waals surface area contributed by atoms with Crippen LogP contribution in [0.2, 0.25) is 10.0 Å². The summed E-state index contributed by atoms with van der Waals surface area (Å²) in [7, 11) is 0. The van der Waals surface area contributed by atoms with Gasteiger partial charge in [0.2, 0.25) is 0 Å². The SMILES string of the molecule is CCCCNC(=O)c1cc(I)cn2c(-c3ccc(Cl)cc3)c(-c3ccc(Cl)cc3)nc12. The molecular weight excluding hydrogens is 544 g/mol. The Bertz CT molecular complexity index is 1230. The number of halogens is 3. The summed E-state index contributed by atoms with van der Waals surface area (Å²) in [5, 5.41) is 4.33. The van der Waals surface area contributed by atoms with Gasteiger partial charge in [0.1, 0.15) is 0 Å². The molecule has 4 rings (SSSR count). The summed E-state index contributed by atoms with van der Waals surface area (Å²) in [5.74, 6) is -0.118. The van der Waals surface area contributed by atoms with Crippen molar-refractivity contribution >= 4 is 57.3 Å². The summed E-state index contributed by atoms with van der Waals surface area (Å²) >= 11 is 14.5. The molecule has 7 heteroatoms. The monoisotopic (exact) mass is 563 g/mol. The van der Waals surface area contributed by atoms with Crippen LogP contribution in [0.15, 0.2) is 60.8 Å². The molecular formula is C24H20Cl2IN3O. The molecule has 0 atom stereocenters. The normalized spacial score (nSPS) is 11.1. The topological polar surface area (TPSA) is 46.4 Å². The van der Waals surface area contributed by atoms with Gasteiger partial charge < -0.3 is 5.32 Å². The van der Waals surface area contributed by atoms with E-state index in [1.165, 1.54) is 0 Å². The van der Waals surface area contributed by atoms with Gasteiger partial charge in [-0.2, -0.15) is 0 Å². The number of carbonyl (C=O) groups excluding carboxylic acids is 1. The van der Waals surface area contributed by atoms with Gasteiger partial charge in [-0.15, -0.1) is 0 Å². The molecule has 2 heterocycles. The van der Waals surface area contributed by atoms with Gasteiger partial charge in [-0.1, -0.05) is 60.8 Å². The Morgan fingerprint density at radius 3 is 2.26 bits per heavy atom. The van der Waals surface area contributed by atoms with Crippen molar-refractivity contribution in [3.8, 4) is 22.5 Å². The summed E-state index contributed by atoms with van der Waals surface area (Å²) in [6.45, 7) is 2.74. The Hall–Kier alpha value is -2.09. The van der Waals surface area contributed by atoms with E-state index in [0.29, 0.717) is 27.8 Å². The summed E-state index contributed by atoms with van der Waals surface area (Å²) in [5.41, 5.74) is 4.73. The number of hydrogen-bond acceptors (Lipinski definition) is 2. The lowest BCUT2D eigenvalue weighted by Crippen LogP contribution is -2.25. The highest BCUT2D eigenvalue weighted by atomic mass is 127. The number of imidazole rings is 1. The summed E-state index contributed by atoms with van der Waals surface area (Å²) in [6, 6.07) is 17.1. The van der Waals surface area contributed by atoms with E-state index in [-0.39, 0.29) is 5.91 Å². The molecule has 0 spiro atoms.